The maximum Gasteiger partial charge on any atom is 0.219 e. The number of Topliss-reactive ketones (excluding diaryl/α,β-unsaturated/α-hetero) is 1. The maximum atomic E-state index is 11.1. The van der Waals surface area contributed by atoms with Gasteiger partial charge < -0.3 is 15.0 Å². The fraction of sp³-hybridized carbons (Fsp3) is 0.667. The molecule has 1 rings (SSSR count). The first-order valence-electron chi connectivity index (χ1n) is 4.79. The van der Waals surface area contributed by atoms with E-state index in [-0.39, 0.29) is 17.5 Å². The van der Waals surface area contributed by atoms with Crippen LogP contribution in [0.5, 0.6) is 0 Å². The average Bonchev–Trinajstić information content (AvgIpc) is 2.19. The topological polar surface area (TPSA) is 73.2 Å². The summed E-state index contributed by atoms with van der Waals surface area (Å²) in [6.07, 6.45) is 0. The van der Waals surface area contributed by atoms with Crippen molar-refractivity contribution in [1.82, 2.24) is 9.80 Å². The second kappa shape index (κ2) is 4.77. The summed E-state index contributed by atoms with van der Waals surface area (Å²) in [6, 6.07) is 0. The predicted octanol–water partition coefficient (Wildman–Crippen LogP) is -0.473. The fourth-order valence-corrected chi connectivity index (χ4v) is 1.59. The Morgan fingerprint density at radius 1 is 1.07 bits per heavy atom. The minimum absolute atomic E-state index is 0.0277. The van der Waals surface area contributed by atoms with Gasteiger partial charge >= 0.3 is 0 Å². The van der Waals surface area contributed by atoms with Crippen LogP contribution in [0.2, 0.25) is 0 Å². The van der Waals surface area contributed by atoms with E-state index < -0.39 is 0 Å². The Kier molecular flexibility index (Phi) is 3.65. The summed E-state index contributed by atoms with van der Waals surface area (Å²) in [4.78, 5) is 25.5. The minimum atomic E-state index is -0.270. The Morgan fingerprint density at radius 3 is 1.87 bits per heavy atom. The predicted molar refractivity (Wildman–Crippen MR) is 53.7 cm³/mol. The number of oxime groups is 1. The van der Waals surface area contributed by atoms with Gasteiger partial charge in [-0.1, -0.05) is 5.16 Å². The number of amides is 1. The van der Waals surface area contributed by atoms with Crippen molar-refractivity contribution in [3.8, 4) is 0 Å². The van der Waals surface area contributed by atoms with Crippen LogP contribution in [0, 0.1) is 0 Å². The normalized spacial score (nSPS) is 17.9. The van der Waals surface area contributed by atoms with Crippen molar-refractivity contribution in [2.24, 2.45) is 5.16 Å². The standard InChI is InChI=1S/C9H15N3O3/c1-7(13)9(10-15)12-5-3-11(4-6-12)8(2)14/h15H,3-6H2,1-2H3. The smallest absolute Gasteiger partial charge is 0.219 e. The number of ketones is 1. The molecule has 0 spiro atoms. The number of hydrogen-bond donors (Lipinski definition) is 1. The van der Waals surface area contributed by atoms with Gasteiger partial charge in [-0.25, -0.2) is 0 Å². The van der Waals surface area contributed by atoms with Crippen molar-refractivity contribution in [2.75, 3.05) is 26.2 Å². The molecule has 0 bridgehead atoms. The van der Waals surface area contributed by atoms with Crippen LogP contribution in [-0.4, -0.2) is 58.7 Å². The van der Waals surface area contributed by atoms with Gasteiger partial charge in [0.25, 0.3) is 0 Å². The zero-order valence-corrected chi connectivity index (χ0v) is 8.93. The van der Waals surface area contributed by atoms with Gasteiger partial charge in [0.05, 0.1) is 0 Å². The highest BCUT2D eigenvalue weighted by Gasteiger charge is 2.23. The van der Waals surface area contributed by atoms with Gasteiger partial charge in [0, 0.05) is 40.0 Å². The minimum Gasteiger partial charge on any atom is -0.409 e. The fourth-order valence-electron chi connectivity index (χ4n) is 1.59. The van der Waals surface area contributed by atoms with Crippen molar-refractivity contribution in [1.29, 1.82) is 0 Å². The van der Waals surface area contributed by atoms with Crippen LogP contribution in [0.15, 0.2) is 5.16 Å². The summed E-state index contributed by atoms with van der Waals surface area (Å²) in [5, 5.41) is 11.6. The Hall–Kier alpha value is -1.59. The molecule has 1 aliphatic heterocycles. The van der Waals surface area contributed by atoms with E-state index in [4.69, 9.17) is 5.21 Å². The zero-order chi connectivity index (χ0) is 11.4. The Balaban J connectivity index is 2.57. The summed E-state index contributed by atoms with van der Waals surface area (Å²) in [6.45, 7) is 5.04. The van der Waals surface area contributed by atoms with Crippen molar-refractivity contribution in [2.45, 2.75) is 13.8 Å². The third-order valence-electron chi connectivity index (χ3n) is 2.43. The highest BCUT2D eigenvalue weighted by molar-refractivity contribution is 6.37. The van der Waals surface area contributed by atoms with E-state index in [0.717, 1.165) is 0 Å². The van der Waals surface area contributed by atoms with Crippen LogP contribution in [0.25, 0.3) is 0 Å². The summed E-state index contributed by atoms with van der Waals surface area (Å²) in [5.41, 5.74) is 0. The van der Waals surface area contributed by atoms with Crippen molar-refractivity contribution >= 4 is 17.5 Å². The molecule has 0 aliphatic carbocycles. The number of rotatable bonds is 1. The average molecular weight is 213 g/mol. The molecule has 1 amide bonds. The quantitative estimate of drug-likeness (QED) is 0.276. The zero-order valence-electron chi connectivity index (χ0n) is 8.93. The lowest BCUT2D eigenvalue weighted by atomic mass is 10.2. The highest BCUT2D eigenvalue weighted by atomic mass is 16.4. The van der Waals surface area contributed by atoms with Crippen molar-refractivity contribution in [3.05, 3.63) is 0 Å². The lowest BCUT2D eigenvalue weighted by molar-refractivity contribution is -0.130. The van der Waals surface area contributed by atoms with Crippen molar-refractivity contribution < 1.29 is 14.8 Å². The molecule has 0 aromatic heterocycles. The molecule has 0 atom stereocenters. The van der Waals surface area contributed by atoms with Crippen LogP contribution in [0.1, 0.15) is 13.8 Å². The summed E-state index contributed by atoms with van der Waals surface area (Å²) in [7, 11) is 0. The molecule has 0 aromatic carbocycles. The van der Waals surface area contributed by atoms with Gasteiger partial charge in [0.15, 0.2) is 5.78 Å². The van der Waals surface area contributed by atoms with E-state index in [1.54, 1.807) is 9.80 Å². The number of carbonyl (C=O) groups excluding carboxylic acids is 2. The first-order valence-corrected chi connectivity index (χ1v) is 4.79. The van der Waals surface area contributed by atoms with Gasteiger partial charge in [0.2, 0.25) is 11.7 Å². The van der Waals surface area contributed by atoms with E-state index in [9.17, 15) is 9.59 Å². The van der Waals surface area contributed by atoms with Crippen LogP contribution in [0.4, 0.5) is 0 Å². The molecule has 1 aliphatic rings. The molecule has 84 valence electrons. The first-order chi connectivity index (χ1) is 7.06. The number of hydrogen-bond acceptors (Lipinski definition) is 4. The lowest BCUT2D eigenvalue weighted by Crippen LogP contribution is -2.51. The molecule has 0 unspecified atom stereocenters. The third-order valence-corrected chi connectivity index (χ3v) is 2.43. The number of carbonyl (C=O) groups is 2. The van der Waals surface area contributed by atoms with E-state index >= 15 is 0 Å². The van der Waals surface area contributed by atoms with Gasteiger partial charge in [-0.2, -0.15) is 0 Å². The number of amidine groups is 1. The van der Waals surface area contributed by atoms with Gasteiger partial charge in [0.1, 0.15) is 0 Å². The Labute approximate surface area is 88.1 Å². The highest BCUT2D eigenvalue weighted by Crippen LogP contribution is 2.03. The van der Waals surface area contributed by atoms with Crippen LogP contribution in [-0.2, 0) is 9.59 Å². The molecule has 15 heavy (non-hydrogen) atoms. The number of piperazine rings is 1. The van der Waals surface area contributed by atoms with E-state index in [0.29, 0.717) is 26.2 Å². The van der Waals surface area contributed by atoms with E-state index in [1.165, 1.54) is 13.8 Å². The Bertz CT molecular complexity index is 293. The summed E-state index contributed by atoms with van der Waals surface area (Å²) in [5.74, 6) is -0.174. The lowest BCUT2D eigenvalue weighted by Gasteiger charge is -2.34. The molecule has 0 radical (unpaired) electrons. The maximum absolute atomic E-state index is 11.1. The molecule has 1 heterocycles. The summed E-state index contributed by atoms with van der Waals surface area (Å²) >= 11 is 0. The monoisotopic (exact) mass is 213 g/mol. The van der Waals surface area contributed by atoms with Gasteiger partial charge in [-0.05, 0) is 0 Å². The SMILES string of the molecule is CC(=O)C(=NO)N1CCN(C(C)=O)CC1. The molecule has 1 N–H and O–H groups in total. The van der Waals surface area contributed by atoms with Crippen LogP contribution >= 0.6 is 0 Å². The molecular weight excluding hydrogens is 198 g/mol. The van der Waals surface area contributed by atoms with Crippen molar-refractivity contribution in [3.63, 3.8) is 0 Å². The largest absolute Gasteiger partial charge is 0.409 e. The first kappa shape index (κ1) is 11.5. The molecule has 6 nitrogen and oxygen atoms in total. The second-order valence-electron chi connectivity index (χ2n) is 3.47. The third kappa shape index (κ3) is 2.68. The van der Waals surface area contributed by atoms with Crippen LogP contribution in [0.3, 0.4) is 0 Å². The van der Waals surface area contributed by atoms with Gasteiger partial charge in [-0.3, -0.25) is 9.59 Å². The molecule has 1 fully saturated rings. The molecule has 1 saturated heterocycles. The molecule has 0 aromatic rings. The van der Waals surface area contributed by atoms with E-state index in [1.807, 2.05) is 0 Å². The molecular formula is C9H15N3O3. The number of nitrogens with zero attached hydrogens (tertiary/aromatic N) is 3. The second-order valence-corrected chi connectivity index (χ2v) is 3.47. The molecule has 6 heteroatoms. The summed E-state index contributed by atoms with van der Waals surface area (Å²) < 4.78 is 0. The Morgan fingerprint density at radius 2 is 1.53 bits per heavy atom. The van der Waals surface area contributed by atoms with E-state index in [2.05, 4.69) is 5.16 Å². The van der Waals surface area contributed by atoms with Gasteiger partial charge in [-0.15, -0.1) is 0 Å². The van der Waals surface area contributed by atoms with Crippen LogP contribution < -0.4 is 0 Å². The molecule has 0 saturated carbocycles.